The van der Waals surface area contributed by atoms with E-state index in [2.05, 4.69) is 20.3 Å². The minimum atomic E-state index is -1.24. The number of phenolic OH excluding ortho intramolecular Hbond substituents is 1. The monoisotopic (exact) mass is 403 g/mol. The van der Waals surface area contributed by atoms with Crippen LogP contribution in [0.15, 0.2) is 30.9 Å². The molecule has 1 aromatic carbocycles. The molecule has 0 radical (unpaired) electrons. The predicted molar refractivity (Wildman–Crippen MR) is 100 cm³/mol. The number of benzene rings is 1. The Kier molecular flexibility index (Phi) is 5.20. The number of nitrogens with zero attached hydrogens (tertiary/aromatic N) is 4. The number of imidazole rings is 1. The first-order chi connectivity index (χ1) is 14.0. The maximum absolute atomic E-state index is 10.3. The first-order valence-corrected chi connectivity index (χ1v) is 8.93. The number of anilines is 1. The first-order valence-electron chi connectivity index (χ1n) is 8.93. The second-order valence-electron chi connectivity index (χ2n) is 6.63. The van der Waals surface area contributed by atoms with E-state index in [0.29, 0.717) is 29.3 Å². The largest absolute Gasteiger partial charge is 0.504 e. The molecule has 0 unspecified atom stereocenters. The lowest BCUT2D eigenvalue weighted by Crippen LogP contribution is -2.33. The summed E-state index contributed by atoms with van der Waals surface area (Å²) in [5.74, 6) is 0.875. The van der Waals surface area contributed by atoms with Gasteiger partial charge in [-0.15, -0.1) is 0 Å². The van der Waals surface area contributed by atoms with Crippen LogP contribution in [0.4, 0.5) is 5.82 Å². The summed E-state index contributed by atoms with van der Waals surface area (Å²) in [5, 5.41) is 42.6. The van der Waals surface area contributed by atoms with Crippen LogP contribution in [0.25, 0.3) is 11.2 Å². The molecule has 1 aliphatic heterocycles. The molecule has 2 aromatic heterocycles. The van der Waals surface area contributed by atoms with Gasteiger partial charge in [-0.25, -0.2) is 15.0 Å². The van der Waals surface area contributed by atoms with E-state index in [4.69, 9.17) is 9.47 Å². The van der Waals surface area contributed by atoms with Gasteiger partial charge in [-0.2, -0.15) is 0 Å². The Hall–Kier alpha value is -2.99. The van der Waals surface area contributed by atoms with Gasteiger partial charge in [0.05, 0.1) is 20.0 Å². The van der Waals surface area contributed by atoms with Gasteiger partial charge in [0.1, 0.15) is 24.6 Å². The minimum Gasteiger partial charge on any atom is -0.504 e. The van der Waals surface area contributed by atoms with Crippen LogP contribution >= 0.6 is 0 Å². The summed E-state index contributed by atoms with van der Waals surface area (Å²) in [7, 11) is 1.48. The lowest BCUT2D eigenvalue weighted by Gasteiger charge is -2.16. The number of rotatable bonds is 6. The Morgan fingerprint density at radius 1 is 1.21 bits per heavy atom. The number of phenols is 1. The van der Waals surface area contributed by atoms with Gasteiger partial charge in [-0.3, -0.25) is 4.57 Å². The standard InChI is InChI=1S/C18H21N5O6/c1-28-11-3-2-9(4-10(11)25)5-19-16-13-17(21-7-20-16)23(8-22-13)18-15(27)14(26)12(6-24)29-18/h2-4,7-8,12,14-15,18,24-27H,5-6H2,1H3,(H,19,20,21)/t12-,14-,15+,18-/m1/s1. The van der Waals surface area contributed by atoms with Crippen LogP contribution in [0, 0.1) is 0 Å². The van der Waals surface area contributed by atoms with Crippen LogP contribution in [0.2, 0.25) is 0 Å². The van der Waals surface area contributed by atoms with Gasteiger partial charge in [0.25, 0.3) is 0 Å². The van der Waals surface area contributed by atoms with E-state index in [-0.39, 0.29) is 5.75 Å². The highest BCUT2D eigenvalue weighted by atomic mass is 16.6. The van der Waals surface area contributed by atoms with Gasteiger partial charge in [0, 0.05) is 6.54 Å². The zero-order valence-corrected chi connectivity index (χ0v) is 15.5. The van der Waals surface area contributed by atoms with E-state index in [1.54, 1.807) is 12.1 Å². The third-order valence-corrected chi connectivity index (χ3v) is 4.85. The average Bonchev–Trinajstić information content (AvgIpc) is 3.28. The second-order valence-corrected chi connectivity index (χ2v) is 6.63. The molecule has 3 aromatic rings. The summed E-state index contributed by atoms with van der Waals surface area (Å²) >= 11 is 0. The van der Waals surface area contributed by atoms with Gasteiger partial charge < -0.3 is 35.2 Å². The number of hydrogen-bond donors (Lipinski definition) is 5. The molecule has 4 atom stereocenters. The normalized spacial score (nSPS) is 24.1. The lowest BCUT2D eigenvalue weighted by molar-refractivity contribution is -0.0511. The molecule has 3 heterocycles. The molecule has 0 saturated carbocycles. The highest BCUT2D eigenvalue weighted by Gasteiger charge is 2.44. The van der Waals surface area contributed by atoms with Crippen LogP contribution in [-0.4, -0.2) is 72.0 Å². The number of fused-ring (bicyclic) bond motifs is 1. The molecule has 0 bridgehead atoms. The SMILES string of the molecule is COc1ccc(CNc2ncnc3c2ncn3[C@@H]2O[C@H](CO)[C@@H](O)[C@@H]2O)cc1O. The lowest BCUT2D eigenvalue weighted by atomic mass is 10.1. The van der Waals surface area contributed by atoms with E-state index in [9.17, 15) is 20.4 Å². The molecule has 0 amide bonds. The number of aliphatic hydroxyl groups is 3. The Balaban J connectivity index is 1.57. The first kappa shape index (κ1) is 19.3. The maximum atomic E-state index is 10.3. The maximum Gasteiger partial charge on any atom is 0.167 e. The third-order valence-electron chi connectivity index (χ3n) is 4.85. The fourth-order valence-corrected chi connectivity index (χ4v) is 3.31. The number of methoxy groups -OCH3 is 1. The molecule has 11 heteroatoms. The molecule has 29 heavy (non-hydrogen) atoms. The van der Waals surface area contributed by atoms with E-state index in [1.807, 2.05) is 6.07 Å². The molecular weight excluding hydrogens is 382 g/mol. The van der Waals surface area contributed by atoms with Crippen molar-refractivity contribution in [2.75, 3.05) is 19.0 Å². The Labute approximate surface area is 165 Å². The van der Waals surface area contributed by atoms with Crippen LogP contribution in [0.1, 0.15) is 11.8 Å². The summed E-state index contributed by atoms with van der Waals surface area (Å²) in [6.45, 7) is -0.0533. The summed E-state index contributed by atoms with van der Waals surface area (Å²) in [5.41, 5.74) is 1.65. The molecule has 154 valence electrons. The predicted octanol–water partition coefficient (Wildman–Crippen LogP) is -0.236. The topological polar surface area (TPSA) is 155 Å². The molecule has 0 spiro atoms. The molecule has 5 N–H and O–H groups in total. The fourth-order valence-electron chi connectivity index (χ4n) is 3.31. The van der Waals surface area contributed by atoms with Crippen LogP contribution in [0.5, 0.6) is 11.5 Å². The van der Waals surface area contributed by atoms with Gasteiger partial charge >= 0.3 is 0 Å². The summed E-state index contributed by atoms with van der Waals surface area (Å²) < 4.78 is 12.1. The molecule has 0 aliphatic carbocycles. The van der Waals surface area contributed by atoms with Crippen molar-refractivity contribution in [3.05, 3.63) is 36.4 Å². The van der Waals surface area contributed by atoms with Gasteiger partial charge in [-0.1, -0.05) is 6.07 Å². The Morgan fingerprint density at radius 2 is 2.03 bits per heavy atom. The minimum absolute atomic E-state index is 0.0354. The van der Waals surface area contributed by atoms with Gasteiger partial charge in [0.2, 0.25) is 0 Å². The van der Waals surface area contributed by atoms with Crippen molar-refractivity contribution in [3.8, 4) is 11.5 Å². The van der Waals surface area contributed by atoms with Gasteiger partial charge in [-0.05, 0) is 17.7 Å². The van der Waals surface area contributed by atoms with Crippen molar-refractivity contribution in [1.82, 2.24) is 19.5 Å². The number of aromatic nitrogens is 4. The summed E-state index contributed by atoms with van der Waals surface area (Å²) in [4.78, 5) is 12.7. The zero-order valence-electron chi connectivity index (χ0n) is 15.5. The number of nitrogens with one attached hydrogen (secondary N) is 1. The van der Waals surface area contributed by atoms with E-state index in [0.717, 1.165) is 5.56 Å². The highest BCUT2D eigenvalue weighted by Crippen LogP contribution is 2.32. The third kappa shape index (κ3) is 3.44. The molecule has 1 aliphatic rings. The Bertz CT molecular complexity index is 1010. The van der Waals surface area contributed by atoms with E-state index < -0.39 is 31.1 Å². The van der Waals surface area contributed by atoms with Gasteiger partial charge in [0.15, 0.2) is 34.7 Å². The highest BCUT2D eigenvalue weighted by molar-refractivity contribution is 5.82. The molecule has 1 saturated heterocycles. The fraction of sp³-hybridized carbons (Fsp3) is 0.389. The van der Waals surface area contributed by atoms with Crippen molar-refractivity contribution in [2.45, 2.75) is 31.1 Å². The van der Waals surface area contributed by atoms with Crippen molar-refractivity contribution < 1.29 is 29.9 Å². The molecule has 1 fully saturated rings. The average molecular weight is 403 g/mol. The van der Waals surface area contributed by atoms with Crippen LogP contribution in [0.3, 0.4) is 0 Å². The molecule has 4 rings (SSSR count). The zero-order chi connectivity index (χ0) is 20.5. The number of hydrogen-bond acceptors (Lipinski definition) is 10. The quantitative estimate of drug-likeness (QED) is 0.372. The number of ether oxygens (including phenoxy) is 2. The van der Waals surface area contributed by atoms with Crippen molar-refractivity contribution >= 4 is 17.0 Å². The number of aliphatic hydroxyl groups excluding tert-OH is 3. The van der Waals surface area contributed by atoms with Crippen LogP contribution in [-0.2, 0) is 11.3 Å². The molecule has 11 nitrogen and oxygen atoms in total. The number of aromatic hydroxyl groups is 1. The van der Waals surface area contributed by atoms with Crippen molar-refractivity contribution in [1.29, 1.82) is 0 Å². The van der Waals surface area contributed by atoms with E-state index in [1.165, 1.54) is 24.3 Å². The smallest absolute Gasteiger partial charge is 0.167 e. The van der Waals surface area contributed by atoms with E-state index >= 15 is 0 Å². The summed E-state index contributed by atoms with van der Waals surface area (Å²) in [6, 6.07) is 5.06. The Morgan fingerprint density at radius 3 is 2.72 bits per heavy atom. The molecular formula is C18H21N5O6. The van der Waals surface area contributed by atoms with Crippen LogP contribution < -0.4 is 10.1 Å². The summed E-state index contributed by atoms with van der Waals surface area (Å²) in [6.07, 6.45) is -1.51. The second kappa shape index (κ2) is 7.79. The van der Waals surface area contributed by atoms with Crippen molar-refractivity contribution in [2.24, 2.45) is 0 Å². The van der Waals surface area contributed by atoms with Crippen molar-refractivity contribution in [3.63, 3.8) is 0 Å².